The van der Waals surface area contributed by atoms with E-state index in [0.29, 0.717) is 4.31 Å². The molecular formula is C9H7NO5S. The molecule has 0 unspecified atom stereocenters. The highest BCUT2D eigenvalue weighted by atomic mass is 32.2. The Balaban J connectivity index is 2.75. The minimum atomic E-state index is -3.87. The van der Waals surface area contributed by atoms with E-state index in [2.05, 4.69) is 0 Å². The van der Waals surface area contributed by atoms with E-state index in [9.17, 15) is 18.0 Å². The summed E-state index contributed by atoms with van der Waals surface area (Å²) < 4.78 is 24.0. The topological polar surface area (TPSA) is 91.8 Å². The van der Waals surface area contributed by atoms with Gasteiger partial charge in [0.05, 0.1) is 11.1 Å². The van der Waals surface area contributed by atoms with E-state index in [4.69, 9.17) is 5.11 Å². The summed E-state index contributed by atoms with van der Waals surface area (Å²) in [7, 11) is -2.73. The number of carboxylic acid groups (broad SMARTS) is 1. The molecule has 84 valence electrons. The van der Waals surface area contributed by atoms with Crippen molar-refractivity contribution in [3.63, 3.8) is 0 Å². The lowest BCUT2D eigenvalue weighted by atomic mass is 10.1. The number of carbonyl (C=O) groups is 2. The average molecular weight is 241 g/mol. The van der Waals surface area contributed by atoms with E-state index in [1.54, 1.807) is 0 Å². The first kappa shape index (κ1) is 10.6. The lowest BCUT2D eigenvalue weighted by Crippen LogP contribution is -2.24. The van der Waals surface area contributed by atoms with E-state index in [1.807, 2.05) is 0 Å². The molecule has 0 spiro atoms. The summed E-state index contributed by atoms with van der Waals surface area (Å²) in [5.74, 6) is -1.88. The van der Waals surface area contributed by atoms with Gasteiger partial charge in [-0.15, -0.1) is 0 Å². The van der Waals surface area contributed by atoms with Gasteiger partial charge in [0.25, 0.3) is 15.9 Å². The molecule has 0 bridgehead atoms. The number of aromatic carboxylic acids is 1. The Labute approximate surface area is 91.2 Å². The summed E-state index contributed by atoms with van der Waals surface area (Å²) in [4.78, 5) is 21.9. The zero-order valence-electron chi connectivity index (χ0n) is 8.17. The lowest BCUT2D eigenvalue weighted by molar-refractivity contribution is 0.0695. The monoisotopic (exact) mass is 241 g/mol. The molecule has 0 fully saturated rings. The fourth-order valence-electron chi connectivity index (χ4n) is 1.47. The second kappa shape index (κ2) is 3.05. The first-order valence-corrected chi connectivity index (χ1v) is 5.70. The van der Waals surface area contributed by atoms with Crippen LogP contribution in [0.5, 0.6) is 0 Å². The summed E-state index contributed by atoms with van der Waals surface area (Å²) in [6.45, 7) is 0. The Hall–Kier alpha value is -1.89. The summed E-state index contributed by atoms with van der Waals surface area (Å²) in [5, 5.41) is 8.72. The highest BCUT2D eigenvalue weighted by Gasteiger charge is 2.38. The molecule has 16 heavy (non-hydrogen) atoms. The molecule has 1 aliphatic rings. The Morgan fingerprint density at radius 2 is 2.00 bits per heavy atom. The highest BCUT2D eigenvalue weighted by molar-refractivity contribution is 7.90. The summed E-state index contributed by atoms with van der Waals surface area (Å²) in [6.07, 6.45) is 0. The summed E-state index contributed by atoms with van der Waals surface area (Å²) in [6, 6.07) is 3.41. The van der Waals surface area contributed by atoms with Crippen LogP contribution < -0.4 is 0 Å². The number of nitrogens with zero attached hydrogens (tertiary/aromatic N) is 1. The smallest absolute Gasteiger partial charge is 0.335 e. The number of fused-ring (bicyclic) bond motifs is 1. The van der Waals surface area contributed by atoms with Crippen molar-refractivity contribution in [3.8, 4) is 0 Å². The molecule has 1 N–H and O–H groups in total. The van der Waals surface area contributed by atoms with Crippen molar-refractivity contribution < 1.29 is 23.1 Å². The third-order valence-corrected chi connectivity index (χ3v) is 4.16. The second-order valence-electron chi connectivity index (χ2n) is 3.29. The van der Waals surface area contributed by atoms with Crippen LogP contribution in [0.15, 0.2) is 23.1 Å². The van der Waals surface area contributed by atoms with Crippen molar-refractivity contribution in [1.82, 2.24) is 4.31 Å². The van der Waals surface area contributed by atoms with E-state index >= 15 is 0 Å². The molecule has 1 aromatic carbocycles. The van der Waals surface area contributed by atoms with Crippen LogP contribution in [-0.4, -0.2) is 36.8 Å². The maximum atomic E-state index is 11.7. The molecular weight excluding hydrogens is 234 g/mol. The van der Waals surface area contributed by atoms with Crippen molar-refractivity contribution in [2.24, 2.45) is 0 Å². The number of amides is 1. The molecule has 1 amide bonds. The molecule has 1 aliphatic heterocycles. The van der Waals surface area contributed by atoms with Crippen molar-refractivity contribution in [1.29, 1.82) is 0 Å². The Bertz CT molecular complexity index is 604. The Kier molecular flexibility index (Phi) is 2.02. The van der Waals surface area contributed by atoms with Gasteiger partial charge in [0, 0.05) is 7.05 Å². The lowest BCUT2D eigenvalue weighted by Gasteiger charge is -2.05. The number of rotatable bonds is 1. The molecule has 1 heterocycles. The van der Waals surface area contributed by atoms with Crippen LogP contribution in [0.2, 0.25) is 0 Å². The minimum Gasteiger partial charge on any atom is -0.478 e. The third kappa shape index (κ3) is 1.21. The molecule has 0 aromatic heterocycles. The van der Waals surface area contributed by atoms with Crippen LogP contribution in [-0.2, 0) is 10.0 Å². The molecule has 0 saturated carbocycles. The number of hydrogen-bond acceptors (Lipinski definition) is 4. The summed E-state index contributed by atoms with van der Waals surface area (Å²) >= 11 is 0. The van der Waals surface area contributed by atoms with Gasteiger partial charge in [-0.2, -0.15) is 0 Å². The standard InChI is InChI=1S/C9H7NO5S/c1-10-8(11)6-3-2-5(9(12)13)4-7(6)16(10,14)15/h2-4H,1H3,(H,12,13). The van der Waals surface area contributed by atoms with Gasteiger partial charge in [-0.05, 0) is 18.2 Å². The zero-order chi connectivity index (χ0) is 12.1. The maximum absolute atomic E-state index is 11.7. The van der Waals surface area contributed by atoms with E-state index in [1.165, 1.54) is 12.1 Å². The van der Waals surface area contributed by atoms with Gasteiger partial charge in [-0.1, -0.05) is 0 Å². The molecule has 0 aliphatic carbocycles. The molecule has 0 saturated heterocycles. The molecule has 7 heteroatoms. The Morgan fingerprint density at radius 1 is 1.38 bits per heavy atom. The molecule has 2 rings (SSSR count). The molecule has 1 aromatic rings. The van der Waals surface area contributed by atoms with Crippen LogP contribution >= 0.6 is 0 Å². The average Bonchev–Trinajstić information content (AvgIpc) is 2.40. The maximum Gasteiger partial charge on any atom is 0.335 e. The van der Waals surface area contributed by atoms with Crippen molar-refractivity contribution in [2.75, 3.05) is 7.05 Å². The van der Waals surface area contributed by atoms with E-state index < -0.39 is 21.9 Å². The number of hydrogen-bond donors (Lipinski definition) is 1. The van der Waals surface area contributed by atoms with Gasteiger partial charge in [0.15, 0.2) is 0 Å². The molecule has 0 radical (unpaired) electrons. The number of benzene rings is 1. The van der Waals surface area contributed by atoms with Gasteiger partial charge in [0.1, 0.15) is 4.90 Å². The van der Waals surface area contributed by atoms with E-state index in [0.717, 1.165) is 13.1 Å². The predicted molar refractivity (Wildman–Crippen MR) is 52.7 cm³/mol. The van der Waals surface area contributed by atoms with Crippen LogP contribution in [0.25, 0.3) is 0 Å². The van der Waals surface area contributed by atoms with Crippen LogP contribution in [0.4, 0.5) is 0 Å². The number of sulfonamides is 1. The Morgan fingerprint density at radius 3 is 2.56 bits per heavy atom. The van der Waals surface area contributed by atoms with E-state index in [-0.39, 0.29) is 16.0 Å². The fourth-order valence-corrected chi connectivity index (χ4v) is 2.79. The van der Waals surface area contributed by atoms with Crippen LogP contribution in [0.3, 0.4) is 0 Å². The number of carboxylic acids is 1. The van der Waals surface area contributed by atoms with Crippen molar-refractivity contribution >= 4 is 21.9 Å². The largest absolute Gasteiger partial charge is 0.478 e. The van der Waals surface area contributed by atoms with Crippen molar-refractivity contribution in [2.45, 2.75) is 4.90 Å². The quantitative estimate of drug-likeness (QED) is 0.756. The molecule has 0 atom stereocenters. The van der Waals surface area contributed by atoms with Gasteiger partial charge in [-0.3, -0.25) is 4.79 Å². The van der Waals surface area contributed by atoms with Crippen LogP contribution in [0, 0.1) is 0 Å². The fraction of sp³-hybridized carbons (Fsp3) is 0.111. The van der Waals surface area contributed by atoms with Gasteiger partial charge in [-0.25, -0.2) is 17.5 Å². The predicted octanol–water partition coefficient (Wildman–Crippen LogP) is 0.159. The SMILES string of the molecule is CN1C(=O)c2ccc(C(=O)O)cc2S1(=O)=O. The normalized spacial score (nSPS) is 17.3. The summed E-state index contributed by atoms with van der Waals surface area (Å²) in [5.41, 5.74) is -0.155. The van der Waals surface area contributed by atoms with Gasteiger partial charge < -0.3 is 5.11 Å². The first-order chi connectivity index (χ1) is 7.35. The van der Waals surface area contributed by atoms with Gasteiger partial charge >= 0.3 is 5.97 Å². The third-order valence-electron chi connectivity index (χ3n) is 2.38. The van der Waals surface area contributed by atoms with Gasteiger partial charge in [0.2, 0.25) is 0 Å². The highest BCUT2D eigenvalue weighted by Crippen LogP contribution is 2.29. The second-order valence-corrected chi connectivity index (χ2v) is 5.23. The number of carbonyl (C=O) groups excluding carboxylic acids is 1. The van der Waals surface area contributed by atoms with Crippen LogP contribution in [0.1, 0.15) is 20.7 Å². The first-order valence-electron chi connectivity index (χ1n) is 4.26. The van der Waals surface area contributed by atoms with Crippen molar-refractivity contribution in [3.05, 3.63) is 29.3 Å². The zero-order valence-corrected chi connectivity index (χ0v) is 8.98. The minimum absolute atomic E-state index is 0.00694. The molecule has 6 nitrogen and oxygen atoms in total.